The molecule has 1 saturated carbocycles. The van der Waals surface area contributed by atoms with Gasteiger partial charge < -0.3 is 9.47 Å². The molecular formula is C26H48O4. The summed E-state index contributed by atoms with van der Waals surface area (Å²) in [6.07, 6.45) is 22.9. The molecule has 4 nitrogen and oxygen atoms in total. The molecule has 0 heterocycles. The van der Waals surface area contributed by atoms with E-state index in [9.17, 15) is 9.59 Å². The molecule has 1 aliphatic rings. The second kappa shape index (κ2) is 19.9. The van der Waals surface area contributed by atoms with Crippen LogP contribution in [0.4, 0.5) is 0 Å². The van der Waals surface area contributed by atoms with Crippen molar-refractivity contribution in [2.24, 2.45) is 5.92 Å². The molecule has 0 aromatic carbocycles. The quantitative estimate of drug-likeness (QED) is 0.150. The van der Waals surface area contributed by atoms with Crippen LogP contribution >= 0.6 is 0 Å². The summed E-state index contributed by atoms with van der Waals surface area (Å²) < 4.78 is 10.6. The largest absolute Gasteiger partial charge is 0.466 e. The lowest BCUT2D eigenvalue weighted by molar-refractivity contribution is -0.146. The molecule has 0 aromatic rings. The van der Waals surface area contributed by atoms with E-state index in [0.717, 1.165) is 12.8 Å². The Labute approximate surface area is 185 Å². The fourth-order valence-corrected chi connectivity index (χ4v) is 4.20. The lowest BCUT2D eigenvalue weighted by atomic mass is 10.1. The average molecular weight is 425 g/mol. The first kappa shape index (κ1) is 27.0. The van der Waals surface area contributed by atoms with Crippen LogP contribution in [0.2, 0.25) is 0 Å². The van der Waals surface area contributed by atoms with Crippen molar-refractivity contribution in [3.05, 3.63) is 0 Å². The van der Waals surface area contributed by atoms with Crippen molar-refractivity contribution in [3.63, 3.8) is 0 Å². The van der Waals surface area contributed by atoms with E-state index in [1.54, 1.807) is 0 Å². The fourth-order valence-electron chi connectivity index (χ4n) is 4.20. The van der Waals surface area contributed by atoms with Gasteiger partial charge in [-0.2, -0.15) is 0 Å². The second-order valence-electron chi connectivity index (χ2n) is 9.15. The third-order valence-electron chi connectivity index (χ3n) is 6.23. The van der Waals surface area contributed by atoms with Crippen LogP contribution in [-0.4, -0.2) is 25.2 Å². The number of unbranched alkanes of at least 4 members (excludes halogenated alkanes) is 12. The molecule has 1 aliphatic carbocycles. The van der Waals surface area contributed by atoms with Crippen LogP contribution in [-0.2, 0) is 19.1 Å². The van der Waals surface area contributed by atoms with Gasteiger partial charge >= 0.3 is 11.9 Å². The maximum absolute atomic E-state index is 11.8. The van der Waals surface area contributed by atoms with Crippen LogP contribution in [0.25, 0.3) is 0 Å². The van der Waals surface area contributed by atoms with E-state index in [2.05, 4.69) is 6.92 Å². The van der Waals surface area contributed by atoms with E-state index in [0.29, 0.717) is 44.8 Å². The van der Waals surface area contributed by atoms with Crippen molar-refractivity contribution < 1.29 is 19.1 Å². The highest BCUT2D eigenvalue weighted by atomic mass is 16.5. The Bertz CT molecular complexity index is 415. The minimum atomic E-state index is -0.127. The van der Waals surface area contributed by atoms with E-state index in [1.165, 1.54) is 89.9 Å². The lowest BCUT2D eigenvalue weighted by Gasteiger charge is -2.09. The van der Waals surface area contributed by atoms with Crippen LogP contribution in [0.5, 0.6) is 0 Å². The monoisotopic (exact) mass is 424 g/mol. The molecule has 1 fully saturated rings. The standard InChI is InChI=1S/C26H48O4/c1-2-3-4-5-6-7-8-9-10-11-12-17-22-29-25(27)20-15-16-21-26(28)30-23-24-18-13-14-19-24/h24H,2-23H2,1H3. The Morgan fingerprint density at radius 2 is 1.10 bits per heavy atom. The Hall–Kier alpha value is -1.06. The molecular weight excluding hydrogens is 376 g/mol. The smallest absolute Gasteiger partial charge is 0.305 e. The third kappa shape index (κ3) is 16.7. The number of esters is 2. The van der Waals surface area contributed by atoms with Crippen molar-refractivity contribution in [2.45, 2.75) is 135 Å². The minimum Gasteiger partial charge on any atom is -0.466 e. The van der Waals surface area contributed by atoms with Crippen LogP contribution in [0, 0.1) is 5.92 Å². The van der Waals surface area contributed by atoms with Gasteiger partial charge in [0.2, 0.25) is 0 Å². The van der Waals surface area contributed by atoms with Gasteiger partial charge in [0.05, 0.1) is 13.2 Å². The van der Waals surface area contributed by atoms with Gasteiger partial charge in [-0.05, 0) is 38.0 Å². The minimum absolute atomic E-state index is 0.119. The van der Waals surface area contributed by atoms with Gasteiger partial charge in [0.15, 0.2) is 0 Å². The molecule has 0 radical (unpaired) electrons. The molecule has 4 heteroatoms. The first-order valence-corrected chi connectivity index (χ1v) is 13.0. The Balaban J connectivity index is 1.77. The zero-order valence-corrected chi connectivity index (χ0v) is 19.8. The second-order valence-corrected chi connectivity index (χ2v) is 9.15. The maximum atomic E-state index is 11.8. The summed E-state index contributed by atoms with van der Waals surface area (Å²) in [5.74, 6) is 0.327. The summed E-state index contributed by atoms with van der Waals surface area (Å²) in [5, 5.41) is 0. The lowest BCUT2D eigenvalue weighted by Crippen LogP contribution is -2.12. The zero-order chi connectivity index (χ0) is 21.7. The van der Waals surface area contributed by atoms with Crippen molar-refractivity contribution >= 4 is 11.9 Å². The van der Waals surface area contributed by atoms with Gasteiger partial charge in [0.1, 0.15) is 0 Å². The highest BCUT2D eigenvalue weighted by Gasteiger charge is 2.16. The molecule has 0 bridgehead atoms. The number of rotatable bonds is 20. The van der Waals surface area contributed by atoms with Crippen LogP contribution < -0.4 is 0 Å². The predicted molar refractivity (Wildman–Crippen MR) is 123 cm³/mol. The van der Waals surface area contributed by atoms with Gasteiger partial charge in [0.25, 0.3) is 0 Å². The summed E-state index contributed by atoms with van der Waals surface area (Å²) in [6, 6.07) is 0. The van der Waals surface area contributed by atoms with Crippen molar-refractivity contribution in [3.8, 4) is 0 Å². The Kier molecular flexibility index (Phi) is 17.9. The van der Waals surface area contributed by atoms with E-state index in [4.69, 9.17) is 9.47 Å². The predicted octanol–water partition coefficient (Wildman–Crippen LogP) is 7.52. The van der Waals surface area contributed by atoms with E-state index >= 15 is 0 Å². The highest BCUT2D eigenvalue weighted by molar-refractivity contribution is 5.70. The molecule has 0 aliphatic heterocycles. The van der Waals surface area contributed by atoms with Crippen molar-refractivity contribution in [2.75, 3.05) is 13.2 Å². The summed E-state index contributed by atoms with van der Waals surface area (Å²) in [6.45, 7) is 3.39. The summed E-state index contributed by atoms with van der Waals surface area (Å²) in [5.41, 5.74) is 0. The van der Waals surface area contributed by atoms with Gasteiger partial charge in [-0.3, -0.25) is 9.59 Å². The fraction of sp³-hybridized carbons (Fsp3) is 0.923. The first-order chi connectivity index (χ1) is 14.7. The van der Waals surface area contributed by atoms with Gasteiger partial charge in [-0.25, -0.2) is 0 Å². The first-order valence-electron chi connectivity index (χ1n) is 13.0. The maximum Gasteiger partial charge on any atom is 0.305 e. The van der Waals surface area contributed by atoms with Gasteiger partial charge in [-0.1, -0.05) is 90.4 Å². The van der Waals surface area contributed by atoms with E-state index in [-0.39, 0.29) is 11.9 Å². The molecule has 0 atom stereocenters. The third-order valence-corrected chi connectivity index (χ3v) is 6.23. The van der Waals surface area contributed by atoms with Crippen molar-refractivity contribution in [1.82, 2.24) is 0 Å². The van der Waals surface area contributed by atoms with Crippen LogP contribution in [0.1, 0.15) is 135 Å². The molecule has 30 heavy (non-hydrogen) atoms. The molecule has 0 N–H and O–H groups in total. The summed E-state index contributed by atoms with van der Waals surface area (Å²) in [4.78, 5) is 23.5. The molecule has 0 saturated heterocycles. The topological polar surface area (TPSA) is 52.6 Å². The molecule has 1 rings (SSSR count). The number of ether oxygens (including phenoxy) is 2. The average Bonchev–Trinajstić information content (AvgIpc) is 3.27. The Morgan fingerprint density at radius 1 is 0.633 bits per heavy atom. The van der Waals surface area contributed by atoms with Crippen LogP contribution in [0.3, 0.4) is 0 Å². The number of hydrogen-bond acceptors (Lipinski definition) is 4. The van der Waals surface area contributed by atoms with E-state index in [1.807, 2.05) is 0 Å². The normalized spacial score (nSPS) is 14.2. The summed E-state index contributed by atoms with van der Waals surface area (Å²) >= 11 is 0. The van der Waals surface area contributed by atoms with E-state index < -0.39 is 0 Å². The SMILES string of the molecule is CCCCCCCCCCCCCCOC(=O)CCCCC(=O)OCC1CCCC1. The number of carbonyl (C=O) groups excluding carboxylic acids is 2. The number of carbonyl (C=O) groups is 2. The van der Waals surface area contributed by atoms with Gasteiger partial charge in [-0.15, -0.1) is 0 Å². The molecule has 0 aromatic heterocycles. The molecule has 0 spiro atoms. The highest BCUT2D eigenvalue weighted by Crippen LogP contribution is 2.24. The van der Waals surface area contributed by atoms with Crippen LogP contribution in [0.15, 0.2) is 0 Å². The van der Waals surface area contributed by atoms with Crippen molar-refractivity contribution in [1.29, 1.82) is 0 Å². The summed E-state index contributed by atoms with van der Waals surface area (Å²) in [7, 11) is 0. The van der Waals surface area contributed by atoms with Gasteiger partial charge in [0, 0.05) is 12.8 Å². The molecule has 176 valence electrons. The molecule has 0 unspecified atom stereocenters. The Morgan fingerprint density at radius 3 is 1.63 bits per heavy atom. The zero-order valence-electron chi connectivity index (χ0n) is 19.8. The number of hydrogen-bond donors (Lipinski definition) is 0. The molecule has 0 amide bonds.